The average Bonchev–Trinajstić information content (AvgIpc) is 3.11. The second-order valence-electron chi connectivity index (χ2n) is 9.53. The Morgan fingerprint density at radius 2 is 2.16 bits per heavy atom. The molecular weight excluding hydrogens is 442 g/mol. The second-order valence-corrected chi connectivity index (χ2v) is 10.6. The molecule has 180 valence electrons. The minimum absolute atomic E-state index is 0.0104. The number of halogens is 2. The van der Waals surface area contributed by atoms with Crippen molar-refractivity contribution in [3.05, 3.63) is 11.1 Å². The first-order valence-corrected chi connectivity index (χ1v) is 11.6. The normalized spacial score (nSPS) is 25.5. The Balaban J connectivity index is 1.83. The van der Waals surface area contributed by atoms with Crippen LogP contribution in [0.15, 0.2) is 6.20 Å². The summed E-state index contributed by atoms with van der Waals surface area (Å²) in [6.07, 6.45) is 0.271. The van der Waals surface area contributed by atoms with Crippen LogP contribution in [0, 0.1) is 0 Å². The maximum Gasteiger partial charge on any atom is 0.413 e. The molecule has 2 aliphatic heterocycles. The molecule has 1 N–H and O–H groups in total. The molecule has 2 amide bonds. The number of ether oxygens (including phenoxy) is 2. The predicted octanol–water partition coefficient (Wildman–Crippen LogP) is 3.90. The van der Waals surface area contributed by atoms with Gasteiger partial charge in [0.25, 0.3) is 5.92 Å². The zero-order valence-corrected chi connectivity index (χ0v) is 20.0. The van der Waals surface area contributed by atoms with E-state index in [-0.39, 0.29) is 24.5 Å². The number of likely N-dealkylation sites (tertiary alicyclic amines) is 1. The van der Waals surface area contributed by atoms with E-state index in [1.165, 1.54) is 11.1 Å². The number of anilines is 1. The lowest BCUT2D eigenvalue weighted by atomic mass is 10.0. The fraction of sp³-hybridized carbons (Fsp3) is 0.762. The largest absolute Gasteiger partial charge is 0.444 e. The van der Waals surface area contributed by atoms with Crippen LogP contribution >= 0.6 is 11.3 Å². The SMILES string of the molecule is C[C@H]1CN(CC(c2cnc(NC(=O)OC(C)(C)C)s2)N2CC(F)(F)CCC2=O)[C@@H](C)CO1. The number of thiazole rings is 1. The number of carbonyl (C=O) groups is 2. The van der Waals surface area contributed by atoms with Gasteiger partial charge in [0.05, 0.1) is 30.2 Å². The quantitative estimate of drug-likeness (QED) is 0.697. The van der Waals surface area contributed by atoms with E-state index in [0.29, 0.717) is 29.7 Å². The lowest BCUT2D eigenvalue weighted by Crippen LogP contribution is -2.54. The number of nitrogens with zero attached hydrogens (tertiary/aromatic N) is 3. The van der Waals surface area contributed by atoms with Gasteiger partial charge in [-0.1, -0.05) is 11.3 Å². The molecule has 0 radical (unpaired) electrons. The van der Waals surface area contributed by atoms with E-state index in [2.05, 4.69) is 15.2 Å². The van der Waals surface area contributed by atoms with Crippen LogP contribution in [0.25, 0.3) is 0 Å². The van der Waals surface area contributed by atoms with Crippen molar-refractivity contribution in [2.75, 3.05) is 31.6 Å². The van der Waals surface area contributed by atoms with Crippen molar-refractivity contribution in [2.45, 2.75) is 77.2 Å². The third kappa shape index (κ3) is 6.58. The molecule has 3 rings (SSSR count). The Morgan fingerprint density at radius 1 is 1.44 bits per heavy atom. The standard InChI is InChI=1S/C21H32F2N4O4S/c1-13-11-30-14(2)9-26(13)10-15(27-12-21(22,23)7-6-17(27)28)16-8-24-18(32-16)25-19(29)31-20(3,4)5/h8,13-15H,6-7,9-12H2,1-5H3,(H,24,25,29)/t13-,14-,15?/m0/s1. The van der Waals surface area contributed by atoms with E-state index in [1.54, 1.807) is 20.8 Å². The Morgan fingerprint density at radius 3 is 2.84 bits per heavy atom. The number of alkyl halides is 2. The molecule has 3 heterocycles. The summed E-state index contributed by atoms with van der Waals surface area (Å²) in [6, 6.07) is -0.519. The van der Waals surface area contributed by atoms with Crippen molar-refractivity contribution in [2.24, 2.45) is 0 Å². The summed E-state index contributed by atoms with van der Waals surface area (Å²) in [5, 5.41) is 2.88. The second kappa shape index (κ2) is 9.56. The van der Waals surface area contributed by atoms with Gasteiger partial charge in [0.2, 0.25) is 5.91 Å². The maximum absolute atomic E-state index is 14.2. The summed E-state index contributed by atoms with van der Waals surface area (Å²) in [7, 11) is 0. The van der Waals surface area contributed by atoms with Crippen molar-refractivity contribution in [1.29, 1.82) is 0 Å². The molecule has 1 aromatic rings. The Hall–Kier alpha value is -1.85. The van der Waals surface area contributed by atoms with Gasteiger partial charge in [0, 0.05) is 38.2 Å². The van der Waals surface area contributed by atoms with Crippen LogP contribution < -0.4 is 5.32 Å². The van der Waals surface area contributed by atoms with E-state index in [4.69, 9.17) is 9.47 Å². The van der Waals surface area contributed by atoms with E-state index in [1.807, 2.05) is 13.8 Å². The third-order valence-electron chi connectivity index (χ3n) is 5.41. The topological polar surface area (TPSA) is 84.0 Å². The van der Waals surface area contributed by atoms with Crippen LogP contribution in [-0.2, 0) is 14.3 Å². The summed E-state index contributed by atoms with van der Waals surface area (Å²) in [5.74, 6) is -3.23. The molecule has 32 heavy (non-hydrogen) atoms. The molecule has 0 aliphatic carbocycles. The van der Waals surface area contributed by atoms with Crippen LogP contribution in [0.1, 0.15) is 58.4 Å². The lowest BCUT2D eigenvalue weighted by Gasteiger charge is -2.43. The zero-order valence-electron chi connectivity index (χ0n) is 19.2. The van der Waals surface area contributed by atoms with Crippen LogP contribution in [0.4, 0.5) is 18.7 Å². The van der Waals surface area contributed by atoms with Crippen molar-refractivity contribution < 1.29 is 27.8 Å². The highest BCUT2D eigenvalue weighted by atomic mass is 32.1. The number of aromatic nitrogens is 1. The highest BCUT2D eigenvalue weighted by Crippen LogP contribution is 2.37. The predicted molar refractivity (Wildman–Crippen MR) is 117 cm³/mol. The van der Waals surface area contributed by atoms with Gasteiger partial charge in [-0.2, -0.15) is 0 Å². The number of hydrogen-bond acceptors (Lipinski definition) is 7. The smallest absolute Gasteiger partial charge is 0.413 e. The van der Waals surface area contributed by atoms with Crippen molar-refractivity contribution >= 4 is 28.5 Å². The number of carbonyl (C=O) groups excluding carboxylic acids is 2. The fourth-order valence-corrected chi connectivity index (χ4v) is 4.72. The minimum atomic E-state index is -2.93. The van der Waals surface area contributed by atoms with Gasteiger partial charge in [-0.15, -0.1) is 0 Å². The summed E-state index contributed by atoms with van der Waals surface area (Å²) < 4.78 is 39.4. The van der Waals surface area contributed by atoms with E-state index < -0.39 is 36.6 Å². The summed E-state index contributed by atoms with van der Waals surface area (Å²) in [5.41, 5.74) is -0.665. The van der Waals surface area contributed by atoms with Crippen LogP contribution in [0.5, 0.6) is 0 Å². The van der Waals surface area contributed by atoms with Crippen LogP contribution in [0.2, 0.25) is 0 Å². The molecule has 1 unspecified atom stereocenters. The number of piperidine rings is 1. The maximum atomic E-state index is 14.2. The van der Waals surface area contributed by atoms with Crippen molar-refractivity contribution in [3.8, 4) is 0 Å². The number of amides is 2. The van der Waals surface area contributed by atoms with E-state index in [0.717, 1.165) is 11.3 Å². The Kier molecular flexibility index (Phi) is 7.41. The van der Waals surface area contributed by atoms with E-state index in [9.17, 15) is 18.4 Å². The molecule has 11 heteroatoms. The van der Waals surface area contributed by atoms with Gasteiger partial charge in [-0.05, 0) is 34.6 Å². The average molecular weight is 475 g/mol. The number of hydrogen-bond donors (Lipinski definition) is 1. The number of nitrogens with one attached hydrogen (secondary N) is 1. The highest BCUT2D eigenvalue weighted by molar-refractivity contribution is 7.15. The van der Waals surface area contributed by atoms with Gasteiger partial charge in [-0.25, -0.2) is 18.6 Å². The first-order valence-electron chi connectivity index (χ1n) is 10.8. The van der Waals surface area contributed by atoms with Gasteiger partial charge in [0.1, 0.15) is 5.60 Å². The van der Waals surface area contributed by atoms with Crippen molar-refractivity contribution in [1.82, 2.24) is 14.8 Å². The zero-order chi connectivity index (χ0) is 23.7. The minimum Gasteiger partial charge on any atom is -0.444 e. The van der Waals surface area contributed by atoms with Crippen LogP contribution in [-0.4, -0.2) is 76.7 Å². The first kappa shape index (κ1) is 24.8. The summed E-state index contributed by atoms with van der Waals surface area (Å²) in [4.78, 5) is 33.0. The van der Waals surface area contributed by atoms with Gasteiger partial charge >= 0.3 is 6.09 Å². The molecule has 1 aromatic heterocycles. The van der Waals surface area contributed by atoms with Crippen molar-refractivity contribution in [3.63, 3.8) is 0 Å². The molecule has 8 nitrogen and oxygen atoms in total. The lowest BCUT2D eigenvalue weighted by molar-refractivity contribution is -0.153. The first-order chi connectivity index (χ1) is 14.8. The van der Waals surface area contributed by atoms with Gasteiger partial charge < -0.3 is 14.4 Å². The molecule has 0 spiro atoms. The Labute approximate surface area is 191 Å². The molecular formula is C21H32F2N4O4S. The molecule has 2 aliphatic rings. The molecule has 2 fully saturated rings. The molecule has 2 saturated heterocycles. The summed E-state index contributed by atoms with van der Waals surface area (Å²) in [6.45, 7) is 10.2. The summed E-state index contributed by atoms with van der Waals surface area (Å²) >= 11 is 1.16. The molecule has 0 saturated carbocycles. The number of rotatable bonds is 5. The highest BCUT2D eigenvalue weighted by Gasteiger charge is 2.43. The number of morpholine rings is 1. The third-order valence-corrected chi connectivity index (χ3v) is 6.42. The Bertz CT molecular complexity index is 829. The van der Waals surface area contributed by atoms with Gasteiger partial charge in [-0.3, -0.25) is 15.0 Å². The molecule has 0 aromatic carbocycles. The van der Waals surface area contributed by atoms with Gasteiger partial charge in [0.15, 0.2) is 5.13 Å². The monoisotopic (exact) mass is 474 g/mol. The fourth-order valence-electron chi connectivity index (χ4n) is 3.81. The van der Waals surface area contributed by atoms with Crippen LogP contribution in [0.3, 0.4) is 0 Å². The molecule has 3 atom stereocenters. The molecule has 0 bridgehead atoms. The van der Waals surface area contributed by atoms with E-state index >= 15 is 0 Å².